The zero-order valence-corrected chi connectivity index (χ0v) is 11.5. The predicted octanol–water partition coefficient (Wildman–Crippen LogP) is 1.53. The van der Waals surface area contributed by atoms with Gasteiger partial charge in [-0.15, -0.1) is 0 Å². The summed E-state index contributed by atoms with van der Waals surface area (Å²) in [5.41, 5.74) is 0.180. The summed E-state index contributed by atoms with van der Waals surface area (Å²) in [4.78, 5) is 13.5. The zero-order valence-electron chi connectivity index (χ0n) is 11.5. The summed E-state index contributed by atoms with van der Waals surface area (Å²) in [6, 6.07) is 9.66. The van der Waals surface area contributed by atoms with E-state index in [1.54, 1.807) is 0 Å². The average molecular weight is 263 g/mol. The summed E-state index contributed by atoms with van der Waals surface area (Å²) in [5, 5.41) is 10.4. The van der Waals surface area contributed by atoms with E-state index in [1.165, 1.54) is 0 Å². The molecule has 0 amide bonds. The van der Waals surface area contributed by atoms with Crippen molar-refractivity contribution < 1.29 is 14.6 Å². The third kappa shape index (κ3) is 3.55. The van der Waals surface area contributed by atoms with Gasteiger partial charge in [0.2, 0.25) is 0 Å². The lowest BCUT2D eigenvalue weighted by Gasteiger charge is -2.46. The molecule has 1 N–H and O–H groups in total. The molecule has 4 heteroatoms. The van der Waals surface area contributed by atoms with Gasteiger partial charge in [-0.25, -0.2) is 0 Å². The predicted molar refractivity (Wildman–Crippen MR) is 72.6 cm³/mol. The molecular weight excluding hydrogens is 242 g/mol. The number of ether oxygens (including phenoxy) is 1. The number of β-amino-alcohol motifs (C(OH)–C–C–N with tert-alkyl or cyclic N) is 1. The first kappa shape index (κ1) is 14.0. The topological polar surface area (TPSA) is 49.8 Å². The number of hydrogen-bond donors (Lipinski definition) is 1. The van der Waals surface area contributed by atoms with Crippen LogP contribution in [0.25, 0.3) is 0 Å². The first-order chi connectivity index (χ1) is 8.99. The maximum absolute atomic E-state index is 11.4. The highest BCUT2D eigenvalue weighted by Crippen LogP contribution is 2.31. The minimum atomic E-state index is -0.761. The van der Waals surface area contributed by atoms with Crippen molar-refractivity contribution in [3.8, 4) is 0 Å². The van der Waals surface area contributed by atoms with Gasteiger partial charge in [0.15, 0.2) is 0 Å². The van der Waals surface area contributed by atoms with Gasteiger partial charge in [0, 0.05) is 19.6 Å². The van der Waals surface area contributed by atoms with Gasteiger partial charge in [-0.05, 0) is 19.4 Å². The van der Waals surface area contributed by atoms with E-state index in [2.05, 4.69) is 4.90 Å². The van der Waals surface area contributed by atoms with Gasteiger partial charge in [0.05, 0.1) is 12.5 Å². The maximum atomic E-state index is 11.4. The second kappa shape index (κ2) is 5.72. The molecule has 1 aromatic carbocycles. The fourth-order valence-electron chi connectivity index (χ4n) is 2.35. The van der Waals surface area contributed by atoms with Crippen molar-refractivity contribution in [2.45, 2.75) is 32.0 Å². The van der Waals surface area contributed by atoms with Crippen LogP contribution < -0.4 is 0 Å². The summed E-state index contributed by atoms with van der Waals surface area (Å²) >= 11 is 0. The zero-order chi connectivity index (χ0) is 13.9. The smallest absolute Gasteiger partial charge is 0.307 e. The van der Waals surface area contributed by atoms with Gasteiger partial charge in [-0.1, -0.05) is 30.3 Å². The molecule has 1 aromatic rings. The van der Waals surface area contributed by atoms with E-state index in [-0.39, 0.29) is 12.1 Å². The summed E-state index contributed by atoms with van der Waals surface area (Å²) in [6.07, 6.45) is 0.313. The summed E-state index contributed by atoms with van der Waals surface area (Å²) in [7, 11) is 0. The minimum absolute atomic E-state index is 0.0647. The molecule has 19 heavy (non-hydrogen) atoms. The van der Waals surface area contributed by atoms with Crippen molar-refractivity contribution in [3.63, 3.8) is 0 Å². The molecule has 0 aliphatic carbocycles. The molecular formula is C15H21NO3. The van der Waals surface area contributed by atoms with E-state index < -0.39 is 5.60 Å². The van der Waals surface area contributed by atoms with Crippen LogP contribution in [0.3, 0.4) is 0 Å². The minimum Gasteiger partial charge on any atom is -0.463 e. The molecule has 4 nitrogen and oxygen atoms in total. The third-order valence-corrected chi connectivity index (χ3v) is 3.28. The molecule has 1 fully saturated rings. The van der Waals surface area contributed by atoms with Crippen LogP contribution in [0.5, 0.6) is 0 Å². The monoisotopic (exact) mass is 263 g/mol. The molecule has 1 heterocycles. The number of hydrogen-bond acceptors (Lipinski definition) is 4. The van der Waals surface area contributed by atoms with Crippen LogP contribution in [0.2, 0.25) is 0 Å². The Balaban J connectivity index is 1.76. The van der Waals surface area contributed by atoms with E-state index in [4.69, 9.17) is 4.74 Å². The quantitative estimate of drug-likeness (QED) is 0.819. The number of nitrogens with zero attached hydrogens (tertiary/aromatic N) is 1. The summed E-state index contributed by atoms with van der Waals surface area (Å²) in [5.74, 6) is -0.176. The van der Waals surface area contributed by atoms with Gasteiger partial charge in [0.1, 0.15) is 5.60 Å². The lowest BCUT2D eigenvalue weighted by molar-refractivity contribution is -0.150. The van der Waals surface area contributed by atoms with Crippen molar-refractivity contribution in [2.75, 3.05) is 19.6 Å². The van der Waals surface area contributed by atoms with Crippen LogP contribution in [-0.4, -0.2) is 41.7 Å². The Morgan fingerprint density at radius 3 is 2.58 bits per heavy atom. The lowest BCUT2D eigenvalue weighted by atomic mass is 9.86. The van der Waals surface area contributed by atoms with Crippen molar-refractivity contribution in [1.29, 1.82) is 0 Å². The Kier molecular flexibility index (Phi) is 4.22. The Labute approximate surface area is 114 Å². The van der Waals surface area contributed by atoms with Crippen LogP contribution >= 0.6 is 0 Å². The second-order valence-electron chi connectivity index (χ2n) is 5.40. The van der Waals surface area contributed by atoms with Crippen LogP contribution in [-0.2, 0) is 15.1 Å². The molecule has 104 valence electrons. The normalized spacial score (nSPS) is 18.1. The van der Waals surface area contributed by atoms with Crippen molar-refractivity contribution in [1.82, 2.24) is 4.90 Å². The largest absolute Gasteiger partial charge is 0.463 e. The Bertz CT molecular complexity index is 424. The SMILES string of the molecule is CC(C)OC(=O)CCN1CC(O)(c2ccccc2)C1. The number of aliphatic hydroxyl groups is 1. The lowest BCUT2D eigenvalue weighted by Crippen LogP contribution is -2.59. The summed E-state index contributed by atoms with van der Waals surface area (Å²) < 4.78 is 5.08. The van der Waals surface area contributed by atoms with Gasteiger partial charge < -0.3 is 9.84 Å². The first-order valence-electron chi connectivity index (χ1n) is 6.69. The molecule has 1 aliphatic heterocycles. The number of carbonyl (C=O) groups excluding carboxylic acids is 1. The third-order valence-electron chi connectivity index (χ3n) is 3.28. The molecule has 0 radical (unpaired) electrons. The number of likely N-dealkylation sites (tertiary alicyclic amines) is 1. The molecule has 1 saturated heterocycles. The van der Waals surface area contributed by atoms with E-state index in [9.17, 15) is 9.90 Å². The fourth-order valence-corrected chi connectivity index (χ4v) is 2.35. The van der Waals surface area contributed by atoms with E-state index in [1.807, 2.05) is 44.2 Å². The second-order valence-corrected chi connectivity index (χ2v) is 5.40. The molecule has 0 bridgehead atoms. The van der Waals surface area contributed by atoms with Crippen LogP contribution in [0.15, 0.2) is 30.3 Å². The van der Waals surface area contributed by atoms with E-state index >= 15 is 0 Å². The average Bonchev–Trinajstić information content (AvgIpc) is 2.33. The van der Waals surface area contributed by atoms with Gasteiger partial charge >= 0.3 is 5.97 Å². The van der Waals surface area contributed by atoms with E-state index in [0.717, 1.165) is 5.56 Å². The fraction of sp³-hybridized carbons (Fsp3) is 0.533. The van der Waals surface area contributed by atoms with Crippen LogP contribution in [0.4, 0.5) is 0 Å². The highest BCUT2D eigenvalue weighted by Gasteiger charge is 2.42. The van der Waals surface area contributed by atoms with Crippen LogP contribution in [0, 0.1) is 0 Å². The van der Waals surface area contributed by atoms with Crippen molar-refractivity contribution in [2.24, 2.45) is 0 Å². The standard InChI is InChI=1S/C15H21NO3/c1-12(2)19-14(17)8-9-16-10-15(18,11-16)13-6-4-3-5-7-13/h3-7,12,18H,8-11H2,1-2H3. The molecule has 1 aliphatic rings. The molecule has 0 unspecified atom stereocenters. The molecule has 0 atom stereocenters. The maximum Gasteiger partial charge on any atom is 0.307 e. The Morgan fingerprint density at radius 2 is 2.00 bits per heavy atom. The van der Waals surface area contributed by atoms with Crippen LogP contribution in [0.1, 0.15) is 25.8 Å². The van der Waals surface area contributed by atoms with Gasteiger partial charge in [-0.2, -0.15) is 0 Å². The first-order valence-corrected chi connectivity index (χ1v) is 6.69. The number of benzene rings is 1. The van der Waals surface area contributed by atoms with Gasteiger partial charge in [-0.3, -0.25) is 9.69 Å². The molecule has 2 rings (SSSR count). The molecule has 0 aromatic heterocycles. The van der Waals surface area contributed by atoms with Crippen molar-refractivity contribution >= 4 is 5.97 Å². The highest BCUT2D eigenvalue weighted by molar-refractivity contribution is 5.69. The number of esters is 1. The number of carbonyl (C=O) groups is 1. The number of rotatable bonds is 5. The Hall–Kier alpha value is -1.39. The van der Waals surface area contributed by atoms with E-state index in [0.29, 0.717) is 26.1 Å². The Morgan fingerprint density at radius 1 is 1.37 bits per heavy atom. The highest BCUT2D eigenvalue weighted by atomic mass is 16.5. The van der Waals surface area contributed by atoms with Gasteiger partial charge in [0.25, 0.3) is 0 Å². The summed E-state index contributed by atoms with van der Waals surface area (Å²) in [6.45, 7) is 5.48. The van der Waals surface area contributed by atoms with Crippen molar-refractivity contribution in [3.05, 3.63) is 35.9 Å². The molecule has 0 spiro atoms. The molecule has 0 saturated carbocycles.